The highest BCUT2D eigenvalue weighted by Gasteiger charge is 2.14. The summed E-state index contributed by atoms with van der Waals surface area (Å²) in [7, 11) is 1.60. The first-order chi connectivity index (χ1) is 14.5. The Morgan fingerprint density at radius 1 is 1.03 bits per heavy atom. The Hall–Kier alpha value is -3.31. The quantitative estimate of drug-likeness (QED) is 0.360. The molecule has 0 fully saturated rings. The van der Waals surface area contributed by atoms with Crippen LogP contribution >= 0.6 is 11.6 Å². The predicted octanol–water partition coefficient (Wildman–Crippen LogP) is 6.15. The molecule has 152 valence electrons. The third kappa shape index (κ3) is 3.89. The Morgan fingerprint density at radius 3 is 2.50 bits per heavy atom. The number of hydrogen-bond acceptors (Lipinski definition) is 4. The molecular weight excluding hydrogens is 407 g/mol. The minimum atomic E-state index is -0.449. The number of rotatable bonds is 5. The van der Waals surface area contributed by atoms with Crippen molar-refractivity contribution in [1.82, 2.24) is 0 Å². The van der Waals surface area contributed by atoms with Gasteiger partial charge in [0.15, 0.2) is 0 Å². The van der Waals surface area contributed by atoms with Gasteiger partial charge >= 0.3 is 5.63 Å². The summed E-state index contributed by atoms with van der Waals surface area (Å²) in [6.07, 6.45) is 0. The molecule has 0 aliphatic carbocycles. The van der Waals surface area contributed by atoms with E-state index in [1.807, 2.05) is 43.3 Å². The number of halogens is 2. The standard InChI is InChI=1S/C24H18ClFO4/c1-14-22(29-13-16-3-6-17(26)11-21(16)25)10-9-19-20(12-23(27)30-24(14)19)15-4-7-18(28-2)8-5-15/h3-12H,13H2,1-2H3. The summed E-state index contributed by atoms with van der Waals surface area (Å²) >= 11 is 6.07. The minimum absolute atomic E-state index is 0.161. The molecule has 1 aromatic heterocycles. The van der Waals surface area contributed by atoms with Crippen LogP contribution in [0.2, 0.25) is 5.02 Å². The zero-order valence-electron chi connectivity index (χ0n) is 16.4. The molecule has 4 rings (SSSR count). The lowest BCUT2D eigenvalue weighted by molar-refractivity contribution is 0.304. The highest BCUT2D eigenvalue weighted by molar-refractivity contribution is 6.31. The second-order valence-electron chi connectivity index (χ2n) is 6.80. The zero-order valence-corrected chi connectivity index (χ0v) is 17.1. The summed E-state index contributed by atoms with van der Waals surface area (Å²) in [6, 6.07) is 16.8. The van der Waals surface area contributed by atoms with Crippen molar-refractivity contribution in [2.24, 2.45) is 0 Å². The average molecular weight is 425 g/mol. The van der Waals surface area contributed by atoms with Crippen LogP contribution in [0.25, 0.3) is 22.1 Å². The summed E-state index contributed by atoms with van der Waals surface area (Å²) in [4.78, 5) is 12.2. The van der Waals surface area contributed by atoms with Crippen LogP contribution in [0.4, 0.5) is 4.39 Å². The van der Waals surface area contributed by atoms with E-state index < -0.39 is 11.4 Å². The lowest BCUT2D eigenvalue weighted by Gasteiger charge is -2.13. The normalized spacial score (nSPS) is 10.9. The molecule has 4 aromatic rings. The summed E-state index contributed by atoms with van der Waals surface area (Å²) in [5, 5.41) is 1.09. The molecule has 0 atom stereocenters. The summed E-state index contributed by atoms with van der Waals surface area (Å²) < 4.78 is 29.8. The smallest absolute Gasteiger partial charge is 0.336 e. The van der Waals surface area contributed by atoms with E-state index in [0.29, 0.717) is 27.5 Å². The molecule has 1 heterocycles. The molecule has 0 unspecified atom stereocenters. The minimum Gasteiger partial charge on any atom is -0.497 e. The second-order valence-corrected chi connectivity index (χ2v) is 7.20. The van der Waals surface area contributed by atoms with Crippen molar-refractivity contribution in [3.05, 3.63) is 93.1 Å². The number of fused-ring (bicyclic) bond motifs is 1. The van der Waals surface area contributed by atoms with Crippen LogP contribution in [0, 0.1) is 12.7 Å². The second kappa shape index (κ2) is 8.20. The van der Waals surface area contributed by atoms with Gasteiger partial charge in [-0.3, -0.25) is 0 Å². The first kappa shape index (κ1) is 20.0. The number of ether oxygens (including phenoxy) is 2. The van der Waals surface area contributed by atoms with Crippen LogP contribution in [-0.2, 0) is 6.61 Å². The van der Waals surface area contributed by atoms with E-state index in [1.54, 1.807) is 13.2 Å². The van der Waals surface area contributed by atoms with Gasteiger partial charge in [0.1, 0.15) is 29.5 Å². The molecule has 0 saturated heterocycles. The van der Waals surface area contributed by atoms with Gasteiger partial charge in [-0.25, -0.2) is 9.18 Å². The predicted molar refractivity (Wildman–Crippen MR) is 115 cm³/mol. The van der Waals surface area contributed by atoms with Crippen molar-refractivity contribution in [2.75, 3.05) is 7.11 Å². The third-order valence-corrected chi connectivity index (χ3v) is 5.26. The van der Waals surface area contributed by atoms with Crippen LogP contribution in [0.15, 0.2) is 69.9 Å². The van der Waals surface area contributed by atoms with Crippen molar-refractivity contribution in [2.45, 2.75) is 13.5 Å². The Morgan fingerprint density at radius 2 is 1.80 bits per heavy atom. The maximum Gasteiger partial charge on any atom is 0.336 e. The number of benzene rings is 3. The fourth-order valence-corrected chi connectivity index (χ4v) is 3.52. The van der Waals surface area contributed by atoms with Crippen molar-refractivity contribution >= 4 is 22.6 Å². The molecule has 0 amide bonds. The summed E-state index contributed by atoms with van der Waals surface area (Å²) in [5.41, 5.74) is 3.00. The molecule has 0 saturated carbocycles. The lowest BCUT2D eigenvalue weighted by Crippen LogP contribution is -2.02. The third-order valence-electron chi connectivity index (χ3n) is 4.91. The Labute approximate surface area is 177 Å². The molecule has 0 spiro atoms. The van der Waals surface area contributed by atoms with Gasteiger partial charge in [0.25, 0.3) is 0 Å². The van der Waals surface area contributed by atoms with Gasteiger partial charge in [-0.15, -0.1) is 0 Å². The molecule has 0 aliphatic heterocycles. The maximum atomic E-state index is 13.2. The van der Waals surface area contributed by atoms with E-state index in [1.165, 1.54) is 18.2 Å². The highest BCUT2D eigenvalue weighted by Crippen LogP contribution is 2.34. The maximum absolute atomic E-state index is 13.2. The van der Waals surface area contributed by atoms with E-state index in [9.17, 15) is 9.18 Å². The fraction of sp³-hybridized carbons (Fsp3) is 0.125. The molecule has 0 aliphatic rings. The van der Waals surface area contributed by atoms with Crippen LogP contribution in [0.3, 0.4) is 0 Å². The van der Waals surface area contributed by atoms with Crippen molar-refractivity contribution in [1.29, 1.82) is 0 Å². The highest BCUT2D eigenvalue weighted by atomic mass is 35.5. The van der Waals surface area contributed by atoms with Crippen molar-refractivity contribution in [3.8, 4) is 22.6 Å². The van der Waals surface area contributed by atoms with Crippen molar-refractivity contribution in [3.63, 3.8) is 0 Å². The monoisotopic (exact) mass is 424 g/mol. The van der Waals surface area contributed by atoms with E-state index >= 15 is 0 Å². The molecular formula is C24H18ClFO4. The fourth-order valence-electron chi connectivity index (χ4n) is 3.30. The Balaban J connectivity index is 1.72. The first-order valence-electron chi connectivity index (χ1n) is 9.25. The topological polar surface area (TPSA) is 48.7 Å². The van der Waals surface area contributed by atoms with Crippen molar-refractivity contribution < 1.29 is 18.3 Å². The first-order valence-corrected chi connectivity index (χ1v) is 9.62. The van der Waals surface area contributed by atoms with Gasteiger partial charge in [0, 0.05) is 22.6 Å². The van der Waals surface area contributed by atoms with Gasteiger partial charge < -0.3 is 13.9 Å². The molecule has 30 heavy (non-hydrogen) atoms. The van der Waals surface area contributed by atoms with Crippen LogP contribution in [0.5, 0.6) is 11.5 Å². The van der Waals surface area contributed by atoms with Gasteiger partial charge in [-0.2, -0.15) is 0 Å². The molecule has 0 N–H and O–H groups in total. The van der Waals surface area contributed by atoms with Crippen LogP contribution in [-0.4, -0.2) is 7.11 Å². The van der Waals surface area contributed by atoms with Gasteiger partial charge in [-0.05, 0) is 54.4 Å². The van der Waals surface area contributed by atoms with E-state index in [2.05, 4.69) is 0 Å². The van der Waals surface area contributed by atoms with E-state index in [4.69, 9.17) is 25.5 Å². The molecule has 3 aromatic carbocycles. The van der Waals surface area contributed by atoms with Crippen LogP contribution in [0.1, 0.15) is 11.1 Å². The van der Waals surface area contributed by atoms with Gasteiger partial charge in [0.05, 0.1) is 12.1 Å². The number of methoxy groups -OCH3 is 1. The molecule has 6 heteroatoms. The molecule has 4 nitrogen and oxygen atoms in total. The molecule has 0 bridgehead atoms. The van der Waals surface area contributed by atoms with E-state index in [-0.39, 0.29) is 6.61 Å². The average Bonchev–Trinajstić information content (AvgIpc) is 2.74. The Bertz CT molecular complexity index is 1280. The summed E-state index contributed by atoms with van der Waals surface area (Å²) in [5.74, 6) is 0.883. The lowest BCUT2D eigenvalue weighted by atomic mass is 10.00. The molecule has 0 radical (unpaired) electrons. The largest absolute Gasteiger partial charge is 0.497 e. The Kier molecular flexibility index (Phi) is 5.46. The SMILES string of the molecule is COc1ccc(-c2cc(=O)oc3c(C)c(OCc4ccc(F)cc4Cl)ccc23)cc1. The van der Waals surface area contributed by atoms with Gasteiger partial charge in [-0.1, -0.05) is 29.8 Å². The summed E-state index contributed by atoms with van der Waals surface area (Å²) in [6.45, 7) is 1.98. The number of hydrogen-bond donors (Lipinski definition) is 0. The van der Waals surface area contributed by atoms with Crippen LogP contribution < -0.4 is 15.1 Å². The van der Waals surface area contributed by atoms with E-state index in [0.717, 1.165) is 22.3 Å². The zero-order chi connectivity index (χ0) is 21.3. The van der Waals surface area contributed by atoms with Gasteiger partial charge in [0.2, 0.25) is 0 Å². The number of aryl methyl sites for hydroxylation is 1.